The number of aryl methyl sites for hydroxylation is 1. The second kappa shape index (κ2) is 11.4. The predicted molar refractivity (Wildman–Crippen MR) is 128 cm³/mol. The Morgan fingerprint density at radius 2 is 1.79 bits per heavy atom. The van der Waals surface area contributed by atoms with Gasteiger partial charge in [0.2, 0.25) is 0 Å². The first-order chi connectivity index (χ1) is 15.9. The predicted octanol–water partition coefficient (Wildman–Crippen LogP) is 3.66. The number of esters is 1. The molecule has 8 heteroatoms. The maximum atomic E-state index is 12.6. The number of methoxy groups -OCH3 is 1. The molecule has 33 heavy (non-hydrogen) atoms. The number of ether oxygens (including phenoxy) is 2. The number of hydrogen-bond acceptors (Lipinski definition) is 7. The fourth-order valence-electron chi connectivity index (χ4n) is 3.25. The van der Waals surface area contributed by atoms with Crippen LogP contribution in [0.2, 0.25) is 0 Å². The third-order valence-corrected chi connectivity index (χ3v) is 5.68. The Bertz CT molecular complexity index is 1090. The summed E-state index contributed by atoms with van der Waals surface area (Å²) in [5.41, 5.74) is 2.81. The van der Waals surface area contributed by atoms with E-state index in [9.17, 15) is 14.7 Å². The van der Waals surface area contributed by atoms with E-state index in [1.54, 1.807) is 0 Å². The van der Waals surface area contributed by atoms with E-state index in [1.807, 2.05) is 61.5 Å². The molecule has 0 saturated heterocycles. The largest absolute Gasteiger partial charge is 0.503 e. The van der Waals surface area contributed by atoms with Crippen LogP contribution in [-0.4, -0.2) is 41.7 Å². The van der Waals surface area contributed by atoms with Gasteiger partial charge in [-0.25, -0.2) is 4.98 Å². The fourth-order valence-corrected chi connectivity index (χ4v) is 3.59. The smallest absolute Gasteiger partial charge is 0.325 e. The number of amides is 1. The molecule has 0 aliphatic rings. The molecular formula is C25H26N2O5S. The Morgan fingerprint density at radius 1 is 1.09 bits per heavy atom. The maximum absolute atomic E-state index is 12.6. The van der Waals surface area contributed by atoms with E-state index in [0.29, 0.717) is 6.42 Å². The monoisotopic (exact) mass is 466 g/mol. The normalized spacial score (nSPS) is 12.5. The minimum absolute atomic E-state index is 0.108. The highest BCUT2D eigenvalue weighted by Gasteiger charge is 2.25. The number of carbonyl (C=O) groups excluding carboxylic acids is 2. The van der Waals surface area contributed by atoms with Crippen molar-refractivity contribution in [3.05, 3.63) is 89.2 Å². The number of nitrogens with one attached hydrogen (secondary N) is 1. The Hall–Kier alpha value is -3.52. The number of carbonyl (C=O) groups is 2. The molecule has 0 fully saturated rings. The van der Waals surface area contributed by atoms with Gasteiger partial charge in [0, 0.05) is 18.7 Å². The second-order valence-electron chi connectivity index (χ2n) is 7.47. The first-order valence-electron chi connectivity index (χ1n) is 10.4. The minimum atomic E-state index is -0.719. The minimum Gasteiger partial charge on any atom is -0.503 e. The fraction of sp³-hybridized carbons (Fsp3) is 0.240. The van der Waals surface area contributed by atoms with Crippen molar-refractivity contribution >= 4 is 24.5 Å². The molecule has 2 unspecified atom stereocenters. The molecule has 2 atom stereocenters. The molecule has 0 aliphatic heterocycles. The lowest BCUT2D eigenvalue weighted by Crippen LogP contribution is -2.34. The molecule has 172 valence electrons. The van der Waals surface area contributed by atoms with E-state index in [1.165, 1.54) is 19.4 Å². The lowest BCUT2D eigenvalue weighted by molar-refractivity contribution is -0.147. The summed E-state index contributed by atoms with van der Waals surface area (Å²) >= 11 is 4.72. The van der Waals surface area contributed by atoms with E-state index >= 15 is 0 Å². The molecule has 0 saturated carbocycles. The van der Waals surface area contributed by atoms with Gasteiger partial charge < -0.3 is 19.9 Å². The lowest BCUT2D eigenvalue weighted by Gasteiger charge is -2.24. The summed E-state index contributed by atoms with van der Waals surface area (Å²) in [5, 5.41) is 12.1. The van der Waals surface area contributed by atoms with Crippen LogP contribution in [-0.2, 0) is 16.0 Å². The van der Waals surface area contributed by atoms with Crippen molar-refractivity contribution in [3.8, 4) is 11.5 Å². The topological polar surface area (TPSA) is 97.8 Å². The van der Waals surface area contributed by atoms with E-state index in [4.69, 9.17) is 22.1 Å². The summed E-state index contributed by atoms with van der Waals surface area (Å²) < 4.78 is 10.7. The number of pyridine rings is 1. The van der Waals surface area contributed by atoms with Gasteiger partial charge in [-0.3, -0.25) is 9.59 Å². The van der Waals surface area contributed by atoms with E-state index in [2.05, 4.69) is 10.3 Å². The van der Waals surface area contributed by atoms with Gasteiger partial charge in [-0.2, -0.15) is 12.6 Å². The Labute approximate surface area is 198 Å². The molecule has 0 aliphatic carbocycles. The molecule has 3 aromatic rings. The van der Waals surface area contributed by atoms with E-state index < -0.39 is 30.3 Å². The van der Waals surface area contributed by atoms with Crippen molar-refractivity contribution in [3.63, 3.8) is 0 Å². The number of thiol groups is 1. The van der Waals surface area contributed by atoms with Crippen LogP contribution in [0.4, 0.5) is 0 Å². The molecule has 1 heterocycles. The first kappa shape index (κ1) is 24.1. The number of aromatic hydroxyl groups is 1. The van der Waals surface area contributed by atoms with Crippen molar-refractivity contribution in [2.75, 3.05) is 13.7 Å². The average Bonchev–Trinajstić information content (AvgIpc) is 2.83. The Balaban J connectivity index is 1.69. The number of nitrogens with zero attached hydrogens (tertiary/aromatic N) is 1. The van der Waals surface area contributed by atoms with Crippen LogP contribution in [0.25, 0.3) is 0 Å². The van der Waals surface area contributed by atoms with E-state index in [0.717, 1.165) is 16.7 Å². The summed E-state index contributed by atoms with van der Waals surface area (Å²) in [7, 11) is 1.36. The molecule has 0 spiro atoms. The molecule has 2 N–H and O–H groups in total. The Morgan fingerprint density at radius 3 is 2.45 bits per heavy atom. The highest BCUT2D eigenvalue weighted by atomic mass is 32.1. The molecule has 1 aromatic heterocycles. The maximum Gasteiger partial charge on any atom is 0.325 e. The lowest BCUT2D eigenvalue weighted by atomic mass is 10.00. The summed E-state index contributed by atoms with van der Waals surface area (Å²) in [6, 6.07) is 18.9. The molecule has 2 aromatic carbocycles. The third kappa shape index (κ3) is 6.49. The van der Waals surface area contributed by atoms with Crippen molar-refractivity contribution in [1.29, 1.82) is 0 Å². The van der Waals surface area contributed by atoms with Crippen LogP contribution < -0.4 is 10.1 Å². The average molecular weight is 467 g/mol. The zero-order chi connectivity index (χ0) is 23.8. The van der Waals surface area contributed by atoms with Crippen molar-refractivity contribution < 1.29 is 24.2 Å². The van der Waals surface area contributed by atoms with Gasteiger partial charge in [0.05, 0.1) is 12.4 Å². The summed E-state index contributed by atoms with van der Waals surface area (Å²) in [6.45, 7) is 1.61. The number of benzene rings is 2. The van der Waals surface area contributed by atoms with Gasteiger partial charge in [-0.15, -0.1) is 0 Å². The SMILES string of the molecule is COc1ccnc(C(=O)NCC(=O)OC(Cc2ccc(C)cc2)C(S)c2ccccc2)c1O. The molecular weight excluding hydrogens is 440 g/mol. The van der Waals surface area contributed by atoms with Crippen LogP contribution in [0.15, 0.2) is 66.9 Å². The molecule has 1 amide bonds. The van der Waals surface area contributed by atoms with E-state index in [-0.39, 0.29) is 16.7 Å². The second-order valence-corrected chi connectivity index (χ2v) is 8.02. The highest BCUT2D eigenvalue weighted by molar-refractivity contribution is 7.80. The molecule has 7 nitrogen and oxygen atoms in total. The van der Waals surface area contributed by atoms with Crippen LogP contribution in [0, 0.1) is 6.92 Å². The van der Waals surface area contributed by atoms with Crippen molar-refractivity contribution in [2.24, 2.45) is 0 Å². The third-order valence-electron chi connectivity index (χ3n) is 5.05. The van der Waals surface area contributed by atoms with Crippen LogP contribution in [0.1, 0.15) is 32.4 Å². The standard InChI is InChI=1S/C25H26N2O5S/c1-16-8-10-17(11-9-16)14-20(24(33)18-6-4-3-5-7-18)32-21(28)15-27-25(30)22-23(29)19(31-2)12-13-26-22/h3-13,20,24,29,33H,14-15H2,1-2H3,(H,27,30). The molecule has 0 bridgehead atoms. The molecule has 3 rings (SSSR count). The van der Waals surface area contributed by atoms with Crippen molar-refractivity contribution in [1.82, 2.24) is 10.3 Å². The van der Waals surface area contributed by atoms with Crippen LogP contribution >= 0.6 is 12.6 Å². The zero-order valence-corrected chi connectivity index (χ0v) is 19.3. The Kier molecular flexibility index (Phi) is 8.32. The van der Waals surface area contributed by atoms with Gasteiger partial charge in [-0.05, 0) is 18.1 Å². The van der Waals surface area contributed by atoms with Gasteiger partial charge >= 0.3 is 5.97 Å². The van der Waals surface area contributed by atoms with Gasteiger partial charge in [0.1, 0.15) is 12.6 Å². The van der Waals surface area contributed by atoms with Gasteiger partial charge in [0.25, 0.3) is 5.91 Å². The summed E-state index contributed by atoms with van der Waals surface area (Å²) in [6.07, 6.45) is 1.22. The van der Waals surface area contributed by atoms with Crippen molar-refractivity contribution in [2.45, 2.75) is 24.7 Å². The summed E-state index contributed by atoms with van der Waals surface area (Å²) in [4.78, 5) is 28.8. The zero-order valence-electron chi connectivity index (χ0n) is 18.4. The first-order valence-corrected chi connectivity index (χ1v) is 10.9. The number of rotatable bonds is 9. The quantitative estimate of drug-likeness (QED) is 0.329. The molecule has 0 radical (unpaired) electrons. The highest BCUT2D eigenvalue weighted by Crippen LogP contribution is 2.29. The van der Waals surface area contributed by atoms with Gasteiger partial charge in [0.15, 0.2) is 17.2 Å². The number of hydrogen-bond donors (Lipinski definition) is 3. The van der Waals surface area contributed by atoms with Crippen LogP contribution in [0.3, 0.4) is 0 Å². The summed E-state index contributed by atoms with van der Waals surface area (Å²) in [5.74, 6) is -1.64. The van der Waals surface area contributed by atoms with Gasteiger partial charge in [-0.1, -0.05) is 60.2 Å². The number of aromatic nitrogens is 1. The van der Waals surface area contributed by atoms with Crippen LogP contribution in [0.5, 0.6) is 11.5 Å².